The highest BCUT2D eigenvalue weighted by atomic mass is 16.4. The van der Waals surface area contributed by atoms with E-state index in [1.54, 1.807) is 24.4 Å². The summed E-state index contributed by atoms with van der Waals surface area (Å²) >= 11 is 0. The molecule has 2 rings (SSSR count). The van der Waals surface area contributed by atoms with E-state index in [1.165, 1.54) is 18.5 Å². The smallest absolute Gasteiger partial charge is 0.356 e. The van der Waals surface area contributed by atoms with Gasteiger partial charge in [-0.25, -0.2) is 9.78 Å². The molecule has 0 saturated heterocycles. The number of nitrogens with zero attached hydrogens (tertiary/aromatic N) is 2. The molecule has 0 bridgehead atoms. The minimum Gasteiger partial charge on any atom is -0.476 e. The molecular formula is C12H9N3O3. The van der Waals surface area contributed by atoms with Gasteiger partial charge in [0.25, 0.3) is 5.91 Å². The zero-order valence-corrected chi connectivity index (χ0v) is 9.20. The third-order valence-electron chi connectivity index (χ3n) is 2.18. The molecule has 18 heavy (non-hydrogen) atoms. The van der Waals surface area contributed by atoms with Crippen LogP contribution in [0.2, 0.25) is 0 Å². The minimum atomic E-state index is -1.20. The number of rotatable bonds is 3. The Balaban J connectivity index is 2.25. The summed E-state index contributed by atoms with van der Waals surface area (Å²) in [7, 11) is 0. The van der Waals surface area contributed by atoms with Gasteiger partial charge in [-0.2, -0.15) is 0 Å². The van der Waals surface area contributed by atoms with Crippen molar-refractivity contribution in [3.05, 3.63) is 54.1 Å². The fraction of sp³-hybridized carbons (Fsp3) is 0. The molecule has 1 amide bonds. The van der Waals surface area contributed by atoms with E-state index >= 15 is 0 Å². The zero-order chi connectivity index (χ0) is 13.0. The van der Waals surface area contributed by atoms with Crippen LogP contribution in [0.15, 0.2) is 42.9 Å². The van der Waals surface area contributed by atoms with Gasteiger partial charge in [0.1, 0.15) is 0 Å². The molecular weight excluding hydrogens is 234 g/mol. The number of carboxylic acid groups (broad SMARTS) is 1. The second kappa shape index (κ2) is 5.05. The van der Waals surface area contributed by atoms with Crippen molar-refractivity contribution in [1.82, 2.24) is 9.97 Å². The molecule has 0 spiro atoms. The van der Waals surface area contributed by atoms with Crippen molar-refractivity contribution in [3.8, 4) is 0 Å². The lowest BCUT2D eigenvalue weighted by Gasteiger charge is -2.06. The first-order valence-electron chi connectivity index (χ1n) is 5.08. The van der Waals surface area contributed by atoms with Crippen LogP contribution in [0.25, 0.3) is 0 Å². The molecule has 0 aliphatic heterocycles. The van der Waals surface area contributed by atoms with Crippen molar-refractivity contribution in [2.45, 2.75) is 0 Å². The van der Waals surface area contributed by atoms with Gasteiger partial charge >= 0.3 is 5.97 Å². The number of hydrogen-bond donors (Lipinski definition) is 2. The molecule has 6 heteroatoms. The Labute approximate surface area is 102 Å². The van der Waals surface area contributed by atoms with Gasteiger partial charge in [-0.05, 0) is 24.3 Å². The lowest BCUT2D eigenvalue weighted by atomic mass is 10.2. The maximum Gasteiger partial charge on any atom is 0.356 e. The summed E-state index contributed by atoms with van der Waals surface area (Å²) in [5, 5.41) is 11.4. The summed E-state index contributed by atoms with van der Waals surface area (Å²) in [6.45, 7) is 0. The first-order chi connectivity index (χ1) is 8.68. The predicted octanol–water partition coefficient (Wildman–Crippen LogP) is 1.43. The maximum atomic E-state index is 11.8. The van der Waals surface area contributed by atoms with Crippen LogP contribution in [0.4, 0.5) is 5.69 Å². The Bertz CT molecular complexity index is 584. The summed E-state index contributed by atoms with van der Waals surface area (Å²) in [4.78, 5) is 30.2. The van der Waals surface area contributed by atoms with E-state index in [9.17, 15) is 9.59 Å². The Morgan fingerprint density at radius 1 is 1.17 bits per heavy atom. The van der Waals surface area contributed by atoms with Gasteiger partial charge in [0.15, 0.2) is 5.69 Å². The fourth-order valence-electron chi connectivity index (χ4n) is 1.37. The van der Waals surface area contributed by atoms with Crippen LogP contribution in [0.3, 0.4) is 0 Å². The second-order valence-electron chi connectivity index (χ2n) is 3.40. The van der Waals surface area contributed by atoms with E-state index in [4.69, 9.17) is 5.11 Å². The maximum absolute atomic E-state index is 11.8. The first kappa shape index (κ1) is 11.7. The fourth-order valence-corrected chi connectivity index (χ4v) is 1.37. The number of amides is 1. The van der Waals surface area contributed by atoms with Gasteiger partial charge in [0, 0.05) is 18.6 Å². The Hall–Kier alpha value is -2.76. The summed E-state index contributed by atoms with van der Waals surface area (Å²) < 4.78 is 0. The van der Waals surface area contributed by atoms with Crippen molar-refractivity contribution in [1.29, 1.82) is 0 Å². The highest BCUT2D eigenvalue weighted by molar-refractivity contribution is 6.06. The third kappa shape index (κ3) is 2.49. The zero-order valence-electron chi connectivity index (χ0n) is 9.20. The van der Waals surface area contributed by atoms with Crippen LogP contribution in [0, 0.1) is 0 Å². The van der Waals surface area contributed by atoms with Gasteiger partial charge < -0.3 is 10.4 Å². The monoisotopic (exact) mass is 243 g/mol. The topological polar surface area (TPSA) is 92.2 Å². The average Bonchev–Trinajstić information content (AvgIpc) is 2.40. The van der Waals surface area contributed by atoms with Gasteiger partial charge in [0.2, 0.25) is 0 Å². The van der Waals surface area contributed by atoms with Crippen LogP contribution < -0.4 is 5.32 Å². The summed E-state index contributed by atoms with van der Waals surface area (Å²) in [6.07, 6.45) is 4.29. The molecule has 2 aromatic rings. The van der Waals surface area contributed by atoms with E-state index in [1.807, 2.05) is 0 Å². The average molecular weight is 243 g/mol. The molecule has 0 unspecified atom stereocenters. The minimum absolute atomic E-state index is 0.152. The van der Waals surface area contributed by atoms with Gasteiger partial charge in [-0.3, -0.25) is 9.78 Å². The number of nitrogens with one attached hydrogen (secondary N) is 1. The van der Waals surface area contributed by atoms with E-state index in [2.05, 4.69) is 15.3 Å². The number of aromatic nitrogens is 2. The lowest BCUT2D eigenvalue weighted by molar-refractivity contribution is 0.0692. The molecule has 0 aliphatic carbocycles. The lowest BCUT2D eigenvalue weighted by Crippen LogP contribution is -2.15. The highest BCUT2D eigenvalue weighted by Gasteiger charge is 2.14. The SMILES string of the molecule is O=C(Nc1cccnc1C(=O)O)c1cccnc1. The molecule has 2 aromatic heterocycles. The standard InChI is InChI=1S/C12H9N3O3/c16-11(8-3-1-5-13-7-8)15-9-4-2-6-14-10(9)12(17)18/h1-7H,(H,15,16)(H,17,18). The largest absolute Gasteiger partial charge is 0.476 e. The Kier molecular flexibility index (Phi) is 3.29. The van der Waals surface area contributed by atoms with Crippen molar-refractivity contribution in [3.63, 3.8) is 0 Å². The molecule has 0 fully saturated rings. The Morgan fingerprint density at radius 3 is 2.61 bits per heavy atom. The highest BCUT2D eigenvalue weighted by Crippen LogP contribution is 2.13. The van der Waals surface area contributed by atoms with E-state index < -0.39 is 11.9 Å². The van der Waals surface area contributed by atoms with Gasteiger partial charge in [0.05, 0.1) is 11.3 Å². The molecule has 2 N–H and O–H groups in total. The molecule has 90 valence electrons. The Morgan fingerprint density at radius 2 is 1.94 bits per heavy atom. The second-order valence-corrected chi connectivity index (χ2v) is 3.40. The number of carboxylic acids is 1. The summed E-state index contributed by atoms with van der Waals surface area (Å²) in [5.41, 5.74) is 0.297. The van der Waals surface area contributed by atoms with Gasteiger partial charge in [-0.15, -0.1) is 0 Å². The number of pyridine rings is 2. The normalized spacial score (nSPS) is 9.78. The molecule has 2 heterocycles. The van der Waals surface area contributed by atoms with Crippen molar-refractivity contribution in [2.24, 2.45) is 0 Å². The molecule has 6 nitrogen and oxygen atoms in total. The van der Waals surface area contributed by atoms with E-state index in [0.717, 1.165) is 0 Å². The third-order valence-corrected chi connectivity index (χ3v) is 2.18. The quantitative estimate of drug-likeness (QED) is 0.850. The molecule has 0 radical (unpaired) electrons. The number of carbonyl (C=O) groups is 2. The van der Waals surface area contributed by atoms with Crippen molar-refractivity contribution >= 4 is 17.6 Å². The summed E-state index contributed by atoms with van der Waals surface area (Å²) in [6, 6.07) is 6.23. The van der Waals surface area contributed by atoms with Crippen LogP contribution in [0.5, 0.6) is 0 Å². The van der Waals surface area contributed by atoms with Crippen LogP contribution >= 0.6 is 0 Å². The van der Waals surface area contributed by atoms with Crippen molar-refractivity contribution < 1.29 is 14.7 Å². The number of anilines is 1. The van der Waals surface area contributed by atoms with Crippen LogP contribution in [0.1, 0.15) is 20.8 Å². The van der Waals surface area contributed by atoms with Crippen molar-refractivity contribution in [2.75, 3.05) is 5.32 Å². The number of carbonyl (C=O) groups excluding carboxylic acids is 1. The summed E-state index contributed by atoms with van der Waals surface area (Å²) in [5.74, 6) is -1.63. The van der Waals surface area contributed by atoms with Crippen LogP contribution in [-0.2, 0) is 0 Å². The molecule has 0 aromatic carbocycles. The predicted molar refractivity (Wildman–Crippen MR) is 63.4 cm³/mol. The number of aromatic carboxylic acids is 1. The van der Waals surface area contributed by atoms with Crippen LogP contribution in [-0.4, -0.2) is 27.0 Å². The van der Waals surface area contributed by atoms with Gasteiger partial charge in [-0.1, -0.05) is 0 Å². The molecule has 0 saturated carbocycles. The van der Waals surface area contributed by atoms with E-state index in [-0.39, 0.29) is 11.4 Å². The van der Waals surface area contributed by atoms with E-state index in [0.29, 0.717) is 5.56 Å². The molecule has 0 atom stereocenters. The number of hydrogen-bond acceptors (Lipinski definition) is 4. The first-order valence-corrected chi connectivity index (χ1v) is 5.08. The molecule has 0 aliphatic rings.